The third kappa shape index (κ3) is 3.04. The van der Waals surface area contributed by atoms with E-state index in [1.54, 1.807) is 18.2 Å². The molecule has 1 unspecified atom stereocenters. The molecule has 0 radical (unpaired) electrons. The zero-order chi connectivity index (χ0) is 14.8. The van der Waals surface area contributed by atoms with E-state index in [-0.39, 0.29) is 29.0 Å². The van der Waals surface area contributed by atoms with E-state index in [4.69, 9.17) is 9.47 Å². The first-order valence-electron chi connectivity index (χ1n) is 6.19. The molecule has 1 amide bonds. The first-order valence-corrected chi connectivity index (χ1v) is 8.01. The molecule has 1 heterocycles. The molecule has 2 rings (SSSR count). The minimum atomic E-state index is -3.03. The summed E-state index contributed by atoms with van der Waals surface area (Å²) in [6.07, 6.45) is 0.436. The van der Waals surface area contributed by atoms with Crippen molar-refractivity contribution in [2.45, 2.75) is 12.5 Å². The second-order valence-electron chi connectivity index (χ2n) is 4.61. The maximum atomic E-state index is 12.3. The van der Waals surface area contributed by atoms with Gasteiger partial charge in [-0.1, -0.05) is 6.07 Å². The molecule has 7 heteroatoms. The van der Waals surface area contributed by atoms with Crippen molar-refractivity contribution in [2.24, 2.45) is 0 Å². The summed E-state index contributed by atoms with van der Waals surface area (Å²) in [7, 11) is -0.104. The molecule has 1 aromatic rings. The fourth-order valence-electron chi connectivity index (χ4n) is 2.24. The molecule has 1 saturated heterocycles. The fourth-order valence-corrected chi connectivity index (χ4v) is 3.91. The molecule has 0 bridgehead atoms. The van der Waals surface area contributed by atoms with Gasteiger partial charge in [0, 0.05) is 6.04 Å². The van der Waals surface area contributed by atoms with Gasteiger partial charge in [-0.2, -0.15) is 0 Å². The van der Waals surface area contributed by atoms with E-state index < -0.39 is 9.84 Å². The van der Waals surface area contributed by atoms with Crippen molar-refractivity contribution in [2.75, 3.05) is 25.7 Å². The lowest BCUT2D eigenvalue weighted by Crippen LogP contribution is -2.36. The highest BCUT2D eigenvalue weighted by Crippen LogP contribution is 2.28. The average molecular weight is 299 g/mol. The molecule has 20 heavy (non-hydrogen) atoms. The number of hydrogen-bond donors (Lipinski definition) is 1. The minimum absolute atomic E-state index is 0.0177. The van der Waals surface area contributed by atoms with Crippen LogP contribution in [0.1, 0.15) is 16.8 Å². The number of carbonyl (C=O) groups is 1. The number of benzene rings is 1. The van der Waals surface area contributed by atoms with Crippen LogP contribution >= 0.6 is 0 Å². The summed E-state index contributed by atoms with van der Waals surface area (Å²) in [5, 5.41) is 2.72. The van der Waals surface area contributed by atoms with Crippen LogP contribution in [0.15, 0.2) is 18.2 Å². The van der Waals surface area contributed by atoms with E-state index in [1.165, 1.54) is 14.2 Å². The van der Waals surface area contributed by atoms with E-state index in [9.17, 15) is 13.2 Å². The van der Waals surface area contributed by atoms with Crippen molar-refractivity contribution < 1.29 is 22.7 Å². The van der Waals surface area contributed by atoms with Crippen molar-refractivity contribution in [1.29, 1.82) is 0 Å². The zero-order valence-electron chi connectivity index (χ0n) is 11.4. The van der Waals surface area contributed by atoms with E-state index in [1.807, 2.05) is 0 Å². The molecule has 1 aliphatic rings. The second kappa shape index (κ2) is 5.70. The number of ether oxygens (including phenoxy) is 2. The largest absolute Gasteiger partial charge is 0.496 e. The Bertz CT molecular complexity index is 589. The number of carbonyl (C=O) groups excluding carboxylic acids is 1. The molecule has 0 aliphatic carbocycles. The molecule has 0 saturated carbocycles. The predicted molar refractivity (Wildman–Crippen MR) is 74.1 cm³/mol. The Balaban J connectivity index is 2.21. The maximum Gasteiger partial charge on any atom is 0.259 e. The Morgan fingerprint density at radius 2 is 1.85 bits per heavy atom. The van der Waals surface area contributed by atoms with Crippen LogP contribution in [0.25, 0.3) is 0 Å². The van der Waals surface area contributed by atoms with Crippen molar-refractivity contribution >= 4 is 15.7 Å². The van der Waals surface area contributed by atoms with Gasteiger partial charge in [-0.05, 0) is 18.6 Å². The van der Waals surface area contributed by atoms with Crippen LogP contribution < -0.4 is 14.8 Å². The Morgan fingerprint density at radius 1 is 1.25 bits per heavy atom. The molecule has 0 spiro atoms. The normalized spacial score (nSPS) is 20.4. The predicted octanol–water partition coefficient (Wildman–Crippen LogP) is 0.621. The summed E-state index contributed by atoms with van der Waals surface area (Å²) in [4.78, 5) is 12.3. The Hall–Kier alpha value is -1.76. The molecule has 1 fully saturated rings. The van der Waals surface area contributed by atoms with Gasteiger partial charge in [0.2, 0.25) is 0 Å². The summed E-state index contributed by atoms with van der Waals surface area (Å²) in [5.74, 6) is 0.490. The lowest BCUT2D eigenvalue weighted by atomic mass is 10.1. The molecule has 6 nitrogen and oxygen atoms in total. The summed E-state index contributed by atoms with van der Waals surface area (Å²) < 4.78 is 33.1. The van der Waals surface area contributed by atoms with Crippen molar-refractivity contribution in [3.8, 4) is 11.5 Å². The highest BCUT2D eigenvalue weighted by Gasteiger charge is 2.30. The lowest BCUT2D eigenvalue weighted by Gasteiger charge is -2.15. The Kier molecular flexibility index (Phi) is 4.17. The summed E-state index contributed by atoms with van der Waals surface area (Å²) in [6, 6.07) is 4.67. The Morgan fingerprint density at radius 3 is 2.30 bits per heavy atom. The van der Waals surface area contributed by atoms with E-state index in [0.29, 0.717) is 17.9 Å². The number of sulfone groups is 1. The van der Waals surface area contributed by atoms with Gasteiger partial charge >= 0.3 is 0 Å². The molecular formula is C13H17NO5S. The molecule has 110 valence electrons. The van der Waals surface area contributed by atoms with Crippen LogP contribution in [0.4, 0.5) is 0 Å². The average Bonchev–Trinajstić information content (AvgIpc) is 2.76. The van der Waals surface area contributed by atoms with Crippen LogP contribution in [-0.2, 0) is 9.84 Å². The SMILES string of the molecule is COc1cccc(OC)c1C(=O)NC1CCS(=O)(=O)C1. The van der Waals surface area contributed by atoms with Crippen LogP contribution in [-0.4, -0.2) is 46.1 Å². The highest BCUT2D eigenvalue weighted by atomic mass is 32.2. The van der Waals surface area contributed by atoms with Crippen molar-refractivity contribution in [3.05, 3.63) is 23.8 Å². The number of hydrogen-bond acceptors (Lipinski definition) is 5. The van der Waals surface area contributed by atoms with E-state index in [0.717, 1.165) is 0 Å². The summed E-state index contributed by atoms with van der Waals surface area (Å²) in [5.41, 5.74) is 0.279. The van der Waals surface area contributed by atoms with Gasteiger partial charge in [-0.25, -0.2) is 8.42 Å². The quantitative estimate of drug-likeness (QED) is 0.881. The van der Waals surface area contributed by atoms with Gasteiger partial charge in [-0.3, -0.25) is 4.79 Å². The van der Waals surface area contributed by atoms with Crippen molar-refractivity contribution in [1.82, 2.24) is 5.32 Å². The number of amides is 1. The molecule has 1 atom stereocenters. The van der Waals surface area contributed by atoms with Gasteiger partial charge in [0.25, 0.3) is 5.91 Å². The third-order valence-corrected chi connectivity index (χ3v) is 4.99. The molecule has 1 aromatic carbocycles. The minimum Gasteiger partial charge on any atom is -0.496 e. The number of rotatable bonds is 4. The first-order chi connectivity index (χ1) is 9.46. The topological polar surface area (TPSA) is 81.7 Å². The third-order valence-electron chi connectivity index (χ3n) is 3.22. The van der Waals surface area contributed by atoms with Gasteiger partial charge in [-0.15, -0.1) is 0 Å². The standard InChI is InChI=1S/C13H17NO5S/c1-18-10-4-3-5-11(19-2)12(10)13(15)14-9-6-7-20(16,17)8-9/h3-5,9H,6-8H2,1-2H3,(H,14,15). The molecular weight excluding hydrogens is 282 g/mol. The number of methoxy groups -OCH3 is 2. The maximum absolute atomic E-state index is 12.3. The number of nitrogens with one attached hydrogen (secondary N) is 1. The zero-order valence-corrected chi connectivity index (χ0v) is 12.2. The van der Waals surface area contributed by atoms with Crippen LogP contribution in [0, 0.1) is 0 Å². The Labute approximate surface area is 118 Å². The molecule has 0 aromatic heterocycles. The van der Waals surface area contributed by atoms with Gasteiger partial charge in [0.05, 0.1) is 25.7 Å². The summed E-state index contributed by atoms with van der Waals surface area (Å²) >= 11 is 0. The fraction of sp³-hybridized carbons (Fsp3) is 0.462. The van der Waals surface area contributed by atoms with Gasteiger partial charge in [0.15, 0.2) is 9.84 Å². The van der Waals surface area contributed by atoms with E-state index in [2.05, 4.69) is 5.32 Å². The monoisotopic (exact) mass is 299 g/mol. The van der Waals surface area contributed by atoms with Crippen molar-refractivity contribution in [3.63, 3.8) is 0 Å². The molecule has 1 N–H and O–H groups in total. The first kappa shape index (κ1) is 14.6. The second-order valence-corrected chi connectivity index (χ2v) is 6.84. The van der Waals surface area contributed by atoms with Crippen LogP contribution in [0.2, 0.25) is 0 Å². The van der Waals surface area contributed by atoms with E-state index >= 15 is 0 Å². The van der Waals surface area contributed by atoms with Gasteiger partial charge in [0.1, 0.15) is 17.1 Å². The van der Waals surface area contributed by atoms with Crippen LogP contribution in [0.5, 0.6) is 11.5 Å². The summed E-state index contributed by atoms with van der Waals surface area (Å²) in [6.45, 7) is 0. The highest BCUT2D eigenvalue weighted by molar-refractivity contribution is 7.91. The smallest absolute Gasteiger partial charge is 0.259 e. The lowest BCUT2D eigenvalue weighted by molar-refractivity contribution is 0.0935. The van der Waals surface area contributed by atoms with Gasteiger partial charge < -0.3 is 14.8 Å². The molecule has 1 aliphatic heterocycles. The van der Waals surface area contributed by atoms with Crippen LogP contribution in [0.3, 0.4) is 0 Å².